The summed E-state index contributed by atoms with van der Waals surface area (Å²) in [7, 11) is 1.55. The van der Waals surface area contributed by atoms with E-state index in [1.165, 1.54) is 18.2 Å². The molecule has 4 rings (SSSR count). The molecule has 11 heteroatoms. The molecule has 0 radical (unpaired) electrons. The number of thioether (sulfide) groups is 1. The van der Waals surface area contributed by atoms with E-state index in [1.807, 2.05) is 36.4 Å². The number of carbonyl (C=O) groups excluding carboxylic acids is 1. The van der Waals surface area contributed by atoms with Crippen molar-refractivity contribution < 1.29 is 19.2 Å². The van der Waals surface area contributed by atoms with Crippen molar-refractivity contribution in [1.82, 2.24) is 5.32 Å². The van der Waals surface area contributed by atoms with Gasteiger partial charge in [0, 0.05) is 11.1 Å². The molecule has 1 fully saturated rings. The van der Waals surface area contributed by atoms with Gasteiger partial charge >= 0.3 is 0 Å². The summed E-state index contributed by atoms with van der Waals surface area (Å²) in [4.78, 5) is 27.9. The molecule has 35 heavy (non-hydrogen) atoms. The average Bonchev–Trinajstić information content (AvgIpc) is 3.18. The highest BCUT2D eigenvalue weighted by Gasteiger charge is 2.25. The number of ether oxygens (including phenoxy) is 2. The Kier molecular flexibility index (Phi) is 7.93. The Morgan fingerprint density at radius 2 is 1.97 bits per heavy atom. The van der Waals surface area contributed by atoms with E-state index >= 15 is 0 Å². The van der Waals surface area contributed by atoms with Gasteiger partial charge < -0.3 is 14.8 Å². The van der Waals surface area contributed by atoms with Crippen LogP contribution in [0.5, 0.6) is 11.5 Å². The predicted octanol–water partition coefficient (Wildman–Crippen LogP) is 6.33. The van der Waals surface area contributed by atoms with E-state index in [4.69, 9.17) is 21.1 Å². The lowest BCUT2D eigenvalue weighted by Crippen LogP contribution is -2.19. The van der Waals surface area contributed by atoms with E-state index in [0.29, 0.717) is 23.0 Å². The average molecular weight is 622 g/mol. The van der Waals surface area contributed by atoms with Crippen LogP contribution in [0.15, 0.2) is 70.6 Å². The lowest BCUT2D eigenvalue weighted by atomic mass is 10.2. The molecule has 3 aromatic carbocycles. The molecule has 0 saturated carbocycles. The fraction of sp³-hybridized carbons (Fsp3) is 0.0833. The number of rotatable bonds is 7. The van der Waals surface area contributed by atoms with Gasteiger partial charge in [0.05, 0.1) is 20.5 Å². The Morgan fingerprint density at radius 1 is 1.20 bits per heavy atom. The quantitative estimate of drug-likeness (QED) is 0.143. The Morgan fingerprint density at radius 3 is 2.69 bits per heavy atom. The molecule has 0 spiro atoms. The molecule has 3 aromatic rings. The smallest absolute Gasteiger partial charge is 0.296 e. The van der Waals surface area contributed by atoms with Gasteiger partial charge in [-0.2, -0.15) is 0 Å². The van der Waals surface area contributed by atoms with E-state index in [0.717, 1.165) is 26.5 Å². The van der Waals surface area contributed by atoms with Gasteiger partial charge in [0.2, 0.25) is 0 Å². The second kappa shape index (κ2) is 11.1. The molecule has 1 saturated heterocycles. The largest absolute Gasteiger partial charge is 0.493 e. The molecule has 0 unspecified atom stereocenters. The van der Waals surface area contributed by atoms with E-state index in [2.05, 4.69) is 32.9 Å². The molecule has 1 amide bonds. The van der Waals surface area contributed by atoms with Crippen molar-refractivity contribution in [3.05, 3.63) is 95.4 Å². The van der Waals surface area contributed by atoms with Crippen molar-refractivity contribution in [1.29, 1.82) is 0 Å². The second-order valence-corrected chi connectivity index (χ2v) is 9.81. The van der Waals surface area contributed by atoms with Gasteiger partial charge in [0.25, 0.3) is 11.6 Å². The summed E-state index contributed by atoms with van der Waals surface area (Å²) in [6.07, 6.45) is 1.70. The number of methoxy groups -OCH3 is 1. The van der Waals surface area contributed by atoms with Crippen molar-refractivity contribution in [3.8, 4) is 11.5 Å². The molecule has 178 valence electrons. The first-order chi connectivity index (χ1) is 16.8. The van der Waals surface area contributed by atoms with Crippen molar-refractivity contribution in [2.75, 3.05) is 7.11 Å². The lowest BCUT2D eigenvalue weighted by Gasteiger charge is -2.14. The Bertz CT molecular complexity index is 1360. The standard InChI is InChI=1S/C24H17ClIN3O5S/c1-33-20-10-15(9-17(26)22(20)34-13-14-5-3-2-4-6-14)11-21-23(30)28-24(35-21)27-18-8-7-16(25)12-19(18)29(31)32/h2-12H,13H2,1H3,(H,27,28,30)/b21-11+. The minimum absolute atomic E-state index is 0.0968. The molecule has 0 atom stereocenters. The zero-order chi connectivity index (χ0) is 24.9. The highest BCUT2D eigenvalue weighted by molar-refractivity contribution is 14.1. The SMILES string of the molecule is COc1cc(/C=C2/SC(=Nc3ccc(Cl)cc3[N+](=O)[O-])NC2=O)cc(I)c1OCc1ccccc1. The number of carbonyl (C=O) groups is 1. The normalized spacial score (nSPS) is 15.3. The highest BCUT2D eigenvalue weighted by atomic mass is 127. The molecule has 0 aromatic heterocycles. The van der Waals surface area contributed by atoms with Crippen LogP contribution in [0.1, 0.15) is 11.1 Å². The van der Waals surface area contributed by atoms with Gasteiger partial charge in [-0.05, 0) is 75.8 Å². The third-order valence-electron chi connectivity index (χ3n) is 4.78. The Hall–Kier alpha value is -3.09. The maximum Gasteiger partial charge on any atom is 0.296 e. The van der Waals surface area contributed by atoms with Crippen LogP contribution in [0.3, 0.4) is 0 Å². The summed E-state index contributed by atoms with van der Waals surface area (Å²) < 4.78 is 12.3. The molecule has 8 nitrogen and oxygen atoms in total. The van der Waals surface area contributed by atoms with Gasteiger partial charge in [-0.1, -0.05) is 41.9 Å². The number of halogens is 2. The molecular weight excluding hydrogens is 605 g/mol. The summed E-state index contributed by atoms with van der Waals surface area (Å²) in [6, 6.07) is 17.6. The van der Waals surface area contributed by atoms with Crippen molar-refractivity contribution in [2.24, 2.45) is 4.99 Å². The Labute approximate surface area is 223 Å². The molecule has 1 heterocycles. The van der Waals surface area contributed by atoms with Gasteiger partial charge in [-0.25, -0.2) is 4.99 Å². The van der Waals surface area contributed by atoms with Crippen LogP contribution in [-0.4, -0.2) is 23.1 Å². The van der Waals surface area contributed by atoms with Crippen LogP contribution < -0.4 is 14.8 Å². The van der Waals surface area contributed by atoms with Gasteiger partial charge in [0.1, 0.15) is 12.3 Å². The first kappa shape index (κ1) is 25.0. The first-order valence-corrected chi connectivity index (χ1v) is 12.4. The number of nitrogens with one attached hydrogen (secondary N) is 1. The molecular formula is C24H17ClIN3O5S. The van der Waals surface area contributed by atoms with Gasteiger partial charge in [-0.3, -0.25) is 14.9 Å². The number of aliphatic imine (C=N–C) groups is 1. The number of amides is 1. The summed E-state index contributed by atoms with van der Waals surface area (Å²) in [5, 5.41) is 14.4. The maximum absolute atomic E-state index is 12.5. The van der Waals surface area contributed by atoms with Gasteiger partial charge in [-0.15, -0.1) is 0 Å². The minimum atomic E-state index is -0.570. The molecule has 0 aliphatic carbocycles. The van der Waals surface area contributed by atoms with Crippen molar-refractivity contribution >= 4 is 74.5 Å². The number of hydrogen-bond donors (Lipinski definition) is 1. The third-order valence-corrected chi connectivity index (χ3v) is 6.73. The zero-order valence-corrected chi connectivity index (χ0v) is 21.9. The minimum Gasteiger partial charge on any atom is -0.493 e. The van der Waals surface area contributed by atoms with Crippen molar-refractivity contribution in [3.63, 3.8) is 0 Å². The summed E-state index contributed by atoms with van der Waals surface area (Å²) in [5.41, 5.74) is 1.61. The number of nitrogens with zero attached hydrogens (tertiary/aromatic N) is 2. The van der Waals surface area contributed by atoms with Crippen molar-refractivity contribution in [2.45, 2.75) is 6.61 Å². The monoisotopic (exact) mass is 621 g/mol. The number of nitro benzene ring substituents is 1. The fourth-order valence-corrected chi connectivity index (χ4v) is 4.95. The van der Waals surface area contributed by atoms with E-state index in [1.54, 1.807) is 19.3 Å². The molecule has 0 bridgehead atoms. The molecule has 1 aliphatic rings. The topological polar surface area (TPSA) is 103 Å². The van der Waals surface area contributed by atoms with E-state index in [-0.39, 0.29) is 27.5 Å². The maximum atomic E-state index is 12.5. The summed E-state index contributed by atoms with van der Waals surface area (Å²) in [5.74, 6) is 0.789. The van der Waals surface area contributed by atoms with Gasteiger partial charge in [0.15, 0.2) is 16.7 Å². The van der Waals surface area contributed by atoms with E-state index in [9.17, 15) is 14.9 Å². The molecule has 1 aliphatic heterocycles. The van der Waals surface area contributed by atoms with Crippen LogP contribution in [0.2, 0.25) is 5.02 Å². The molecule has 1 N–H and O–H groups in total. The number of amidine groups is 1. The van der Waals surface area contributed by atoms with Crippen LogP contribution in [0, 0.1) is 13.7 Å². The third kappa shape index (κ3) is 6.13. The van der Waals surface area contributed by atoms with Crippen LogP contribution >= 0.6 is 46.0 Å². The van der Waals surface area contributed by atoms with E-state index < -0.39 is 4.92 Å². The fourth-order valence-electron chi connectivity index (χ4n) is 3.17. The second-order valence-electron chi connectivity index (χ2n) is 7.18. The van der Waals surface area contributed by atoms with Crippen LogP contribution in [-0.2, 0) is 11.4 Å². The zero-order valence-electron chi connectivity index (χ0n) is 18.2. The Balaban J connectivity index is 1.57. The predicted molar refractivity (Wildman–Crippen MR) is 145 cm³/mol. The highest BCUT2D eigenvalue weighted by Crippen LogP contribution is 2.37. The number of nitro groups is 1. The first-order valence-electron chi connectivity index (χ1n) is 10.1. The number of hydrogen-bond acceptors (Lipinski definition) is 7. The summed E-state index contributed by atoms with van der Waals surface area (Å²) in [6.45, 7) is 0.391. The summed E-state index contributed by atoms with van der Waals surface area (Å²) >= 11 is 9.10. The van der Waals surface area contributed by atoms with Crippen LogP contribution in [0.25, 0.3) is 6.08 Å². The van der Waals surface area contributed by atoms with Crippen LogP contribution in [0.4, 0.5) is 11.4 Å². The number of benzene rings is 3. The lowest BCUT2D eigenvalue weighted by molar-refractivity contribution is -0.384.